The average Bonchev–Trinajstić information content (AvgIpc) is 2.44. The molecule has 0 unspecified atom stereocenters. The minimum atomic E-state index is -0.385. The number of fused-ring (bicyclic) bond motifs is 1. The first-order valence-electron chi connectivity index (χ1n) is 6.46. The number of nitrogens with zero attached hydrogens (tertiary/aromatic N) is 2. The molecule has 2 rings (SSSR count). The van der Waals surface area contributed by atoms with Crippen LogP contribution in [-0.4, -0.2) is 15.9 Å². The molecule has 0 aliphatic heterocycles. The molecule has 0 spiro atoms. The summed E-state index contributed by atoms with van der Waals surface area (Å²) in [6, 6.07) is 7.69. The van der Waals surface area contributed by atoms with Crippen LogP contribution in [0.2, 0.25) is 0 Å². The fourth-order valence-corrected chi connectivity index (χ4v) is 2.12. The van der Waals surface area contributed by atoms with Crippen molar-refractivity contribution in [3.8, 4) is 0 Å². The van der Waals surface area contributed by atoms with Gasteiger partial charge < -0.3 is 5.32 Å². The summed E-state index contributed by atoms with van der Waals surface area (Å²) >= 11 is 0. The summed E-state index contributed by atoms with van der Waals surface area (Å²) in [4.78, 5) is 14.9. The van der Waals surface area contributed by atoms with Crippen molar-refractivity contribution in [2.75, 3.05) is 5.32 Å². The first-order chi connectivity index (χ1) is 9.17. The molecule has 5 nitrogen and oxygen atoms in total. The number of nitro groups is 1. The van der Waals surface area contributed by atoms with E-state index < -0.39 is 0 Å². The van der Waals surface area contributed by atoms with E-state index in [0.29, 0.717) is 5.69 Å². The fraction of sp³-hybridized carbons (Fsp3) is 0.357. The van der Waals surface area contributed by atoms with Crippen LogP contribution in [0.5, 0.6) is 0 Å². The van der Waals surface area contributed by atoms with Crippen LogP contribution in [0.4, 0.5) is 11.4 Å². The Balaban J connectivity index is 2.58. The first kappa shape index (κ1) is 13.3. The Morgan fingerprint density at radius 3 is 2.63 bits per heavy atom. The topological polar surface area (TPSA) is 68.1 Å². The first-order valence-corrected chi connectivity index (χ1v) is 6.46. The largest absolute Gasteiger partial charge is 0.376 e. The van der Waals surface area contributed by atoms with Crippen molar-refractivity contribution in [1.82, 2.24) is 4.98 Å². The van der Waals surface area contributed by atoms with Crippen molar-refractivity contribution >= 4 is 22.3 Å². The molecule has 0 atom stereocenters. The van der Waals surface area contributed by atoms with Crippen LogP contribution in [0.25, 0.3) is 10.9 Å². The maximum atomic E-state index is 11.1. The molecule has 1 heterocycles. The van der Waals surface area contributed by atoms with Crippen LogP contribution < -0.4 is 5.32 Å². The van der Waals surface area contributed by atoms with Gasteiger partial charge in [-0.1, -0.05) is 32.0 Å². The van der Waals surface area contributed by atoms with E-state index in [9.17, 15) is 10.1 Å². The number of aromatic nitrogens is 1. The summed E-state index contributed by atoms with van der Waals surface area (Å²) in [7, 11) is 0. The van der Waals surface area contributed by atoms with Gasteiger partial charge in [0.15, 0.2) is 0 Å². The lowest BCUT2D eigenvalue weighted by molar-refractivity contribution is -0.384. The SMILES string of the molecule is CCC(CC)Nc1c([N+](=O)[O-])cnc2ccccc12. The van der Waals surface area contributed by atoms with Crippen molar-refractivity contribution in [1.29, 1.82) is 0 Å². The molecule has 0 saturated heterocycles. The minimum Gasteiger partial charge on any atom is -0.376 e. The Hall–Kier alpha value is -2.17. The van der Waals surface area contributed by atoms with Gasteiger partial charge in [0.25, 0.3) is 0 Å². The van der Waals surface area contributed by atoms with Gasteiger partial charge in [-0.25, -0.2) is 4.98 Å². The molecular weight excluding hydrogens is 242 g/mol. The Labute approximate surface area is 111 Å². The summed E-state index contributed by atoms with van der Waals surface area (Å²) in [5.74, 6) is 0. The molecule has 1 aromatic carbocycles. The van der Waals surface area contributed by atoms with E-state index in [0.717, 1.165) is 23.7 Å². The van der Waals surface area contributed by atoms with Gasteiger partial charge in [0, 0.05) is 11.4 Å². The lowest BCUT2D eigenvalue weighted by Crippen LogP contribution is -2.18. The van der Waals surface area contributed by atoms with E-state index in [2.05, 4.69) is 24.1 Å². The maximum Gasteiger partial charge on any atom is 0.311 e. The molecule has 100 valence electrons. The highest BCUT2D eigenvalue weighted by atomic mass is 16.6. The predicted molar refractivity (Wildman–Crippen MR) is 76.4 cm³/mol. The van der Waals surface area contributed by atoms with E-state index in [1.165, 1.54) is 6.20 Å². The number of nitrogens with one attached hydrogen (secondary N) is 1. The number of rotatable bonds is 5. The molecule has 0 aliphatic rings. The van der Waals surface area contributed by atoms with Crippen LogP contribution in [-0.2, 0) is 0 Å². The van der Waals surface area contributed by atoms with Gasteiger partial charge >= 0.3 is 5.69 Å². The maximum absolute atomic E-state index is 11.1. The van der Waals surface area contributed by atoms with Gasteiger partial charge in [0.2, 0.25) is 0 Å². The highest BCUT2D eigenvalue weighted by Crippen LogP contribution is 2.32. The van der Waals surface area contributed by atoms with Crippen molar-refractivity contribution in [2.24, 2.45) is 0 Å². The summed E-state index contributed by atoms with van der Waals surface area (Å²) in [6.07, 6.45) is 3.17. The Bertz CT molecular complexity index is 594. The molecule has 1 aromatic heterocycles. The Morgan fingerprint density at radius 1 is 1.32 bits per heavy atom. The second-order valence-electron chi connectivity index (χ2n) is 4.45. The van der Waals surface area contributed by atoms with Gasteiger partial charge in [-0.2, -0.15) is 0 Å². The van der Waals surface area contributed by atoms with Crippen LogP contribution in [0, 0.1) is 10.1 Å². The van der Waals surface area contributed by atoms with Crippen LogP contribution in [0.15, 0.2) is 30.5 Å². The minimum absolute atomic E-state index is 0.0330. The van der Waals surface area contributed by atoms with E-state index in [-0.39, 0.29) is 16.7 Å². The molecule has 0 bridgehead atoms. The number of benzene rings is 1. The molecular formula is C14H17N3O2. The van der Waals surface area contributed by atoms with Crippen molar-refractivity contribution < 1.29 is 4.92 Å². The third kappa shape index (κ3) is 2.65. The van der Waals surface area contributed by atoms with Gasteiger partial charge in [-0.05, 0) is 18.9 Å². The van der Waals surface area contributed by atoms with Gasteiger partial charge in [0.05, 0.1) is 10.4 Å². The van der Waals surface area contributed by atoms with Crippen LogP contribution >= 0.6 is 0 Å². The summed E-state index contributed by atoms with van der Waals surface area (Å²) in [5.41, 5.74) is 1.37. The van der Waals surface area contributed by atoms with Crippen LogP contribution in [0.3, 0.4) is 0 Å². The number of para-hydroxylation sites is 1. The smallest absolute Gasteiger partial charge is 0.311 e. The Kier molecular flexibility index (Phi) is 3.94. The van der Waals surface area contributed by atoms with E-state index in [1.54, 1.807) is 0 Å². The summed E-state index contributed by atoms with van der Waals surface area (Å²) < 4.78 is 0. The zero-order valence-corrected chi connectivity index (χ0v) is 11.1. The van der Waals surface area contributed by atoms with Crippen LogP contribution in [0.1, 0.15) is 26.7 Å². The standard InChI is InChI=1S/C14H17N3O2/c1-3-10(4-2)16-14-11-7-5-6-8-12(11)15-9-13(14)17(18)19/h5-10H,3-4H2,1-2H3,(H,15,16). The molecule has 0 aliphatic carbocycles. The normalized spacial score (nSPS) is 10.9. The van der Waals surface area contributed by atoms with Crippen molar-refractivity contribution in [3.63, 3.8) is 0 Å². The summed E-state index contributed by atoms with van der Waals surface area (Å²) in [5, 5.41) is 15.2. The van der Waals surface area contributed by atoms with Crippen molar-refractivity contribution in [3.05, 3.63) is 40.6 Å². The van der Waals surface area contributed by atoms with Crippen molar-refractivity contribution in [2.45, 2.75) is 32.7 Å². The average molecular weight is 259 g/mol. The second kappa shape index (κ2) is 5.65. The monoisotopic (exact) mass is 259 g/mol. The number of anilines is 1. The molecule has 0 fully saturated rings. The quantitative estimate of drug-likeness (QED) is 0.656. The molecule has 1 N–H and O–H groups in total. The second-order valence-corrected chi connectivity index (χ2v) is 4.45. The predicted octanol–water partition coefficient (Wildman–Crippen LogP) is 3.74. The molecule has 0 amide bonds. The molecule has 2 aromatic rings. The lowest BCUT2D eigenvalue weighted by Gasteiger charge is -2.17. The van der Waals surface area contributed by atoms with E-state index >= 15 is 0 Å². The number of pyridine rings is 1. The van der Waals surface area contributed by atoms with E-state index in [4.69, 9.17) is 0 Å². The van der Waals surface area contributed by atoms with Gasteiger partial charge in [-0.3, -0.25) is 10.1 Å². The third-order valence-electron chi connectivity index (χ3n) is 3.29. The highest BCUT2D eigenvalue weighted by molar-refractivity contribution is 5.95. The summed E-state index contributed by atoms with van der Waals surface area (Å²) in [6.45, 7) is 4.13. The molecule has 5 heteroatoms. The molecule has 0 saturated carbocycles. The molecule has 0 radical (unpaired) electrons. The number of hydrogen-bond donors (Lipinski definition) is 1. The molecule has 19 heavy (non-hydrogen) atoms. The van der Waals surface area contributed by atoms with Gasteiger partial charge in [0.1, 0.15) is 11.9 Å². The lowest BCUT2D eigenvalue weighted by atomic mass is 10.1. The van der Waals surface area contributed by atoms with E-state index in [1.807, 2.05) is 24.3 Å². The number of hydrogen-bond acceptors (Lipinski definition) is 4. The third-order valence-corrected chi connectivity index (χ3v) is 3.29. The Morgan fingerprint density at radius 2 is 2.00 bits per heavy atom. The highest BCUT2D eigenvalue weighted by Gasteiger charge is 2.19. The van der Waals surface area contributed by atoms with Gasteiger partial charge in [-0.15, -0.1) is 0 Å². The zero-order chi connectivity index (χ0) is 13.8. The zero-order valence-electron chi connectivity index (χ0n) is 11.1. The fourth-order valence-electron chi connectivity index (χ4n) is 2.12.